The van der Waals surface area contributed by atoms with Gasteiger partial charge < -0.3 is 9.84 Å². The Morgan fingerprint density at radius 3 is 2.70 bits per heavy atom. The van der Waals surface area contributed by atoms with Crippen LogP contribution in [0.3, 0.4) is 0 Å². The molecule has 0 fully saturated rings. The Bertz CT molecular complexity index is 614. The van der Waals surface area contributed by atoms with Gasteiger partial charge in [0.15, 0.2) is 0 Å². The molecule has 0 aliphatic heterocycles. The molecule has 2 aromatic rings. The first-order valence-electron chi connectivity index (χ1n) is 6.20. The van der Waals surface area contributed by atoms with Gasteiger partial charge in [-0.15, -0.1) is 0 Å². The number of hydrogen-bond acceptors (Lipinski definition) is 3. The predicted octanol–water partition coefficient (Wildman–Crippen LogP) is 2.53. The first-order chi connectivity index (χ1) is 9.78. The van der Waals surface area contributed by atoms with E-state index in [1.807, 2.05) is 12.1 Å². The molecule has 0 saturated heterocycles. The van der Waals surface area contributed by atoms with E-state index in [2.05, 4.69) is 16.8 Å². The minimum atomic E-state index is -0.374. The Morgan fingerprint density at radius 1 is 1.20 bits per heavy atom. The zero-order chi connectivity index (χ0) is 14.2. The van der Waals surface area contributed by atoms with E-state index in [1.54, 1.807) is 18.3 Å². The summed E-state index contributed by atoms with van der Waals surface area (Å²) >= 11 is 0. The third-order valence-corrected chi connectivity index (χ3v) is 2.49. The molecule has 1 aromatic heterocycles. The van der Waals surface area contributed by atoms with E-state index >= 15 is 0 Å². The van der Waals surface area contributed by atoms with Gasteiger partial charge in [0.1, 0.15) is 18.2 Å². The standard InChI is InChI=1S/C16H14FNO2/c17-15-9-14(10-18-11-15)12-20-16-6-4-13(5-7-16)3-1-2-8-19/h4-7,9-11,19H,2,8,12H2. The van der Waals surface area contributed by atoms with E-state index in [4.69, 9.17) is 9.84 Å². The molecule has 2 rings (SSSR count). The summed E-state index contributed by atoms with van der Waals surface area (Å²) in [5.41, 5.74) is 1.54. The molecule has 0 atom stereocenters. The van der Waals surface area contributed by atoms with Gasteiger partial charge in [-0.3, -0.25) is 4.98 Å². The lowest BCUT2D eigenvalue weighted by Crippen LogP contribution is -1.96. The zero-order valence-corrected chi connectivity index (χ0v) is 10.8. The lowest BCUT2D eigenvalue weighted by atomic mass is 10.2. The quantitative estimate of drug-likeness (QED) is 0.869. The van der Waals surface area contributed by atoms with Crippen LogP contribution >= 0.6 is 0 Å². The number of aliphatic hydroxyl groups is 1. The Hall–Kier alpha value is -2.38. The van der Waals surface area contributed by atoms with Crippen molar-refractivity contribution in [3.05, 3.63) is 59.7 Å². The molecule has 1 aromatic carbocycles. The number of benzene rings is 1. The molecule has 4 heteroatoms. The second kappa shape index (κ2) is 7.27. The van der Waals surface area contributed by atoms with Crippen molar-refractivity contribution in [1.29, 1.82) is 0 Å². The molecule has 3 nitrogen and oxygen atoms in total. The topological polar surface area (TPSA) is 42.4 Å². The minimum absolute atomic E-state index is 0.0653. The van der Waals surface area contributed by atoms with Gasteiger partial charge in [-0.2, -0.15) is 0 Å². The fourth-order valence-corrected chi connectivity index (χ4v) is 1.56. The first-order valence-corrected chi connectivity index (χ1v) is 6.20. The van der Waals surface area contributed by atoms with Gasteiger partial charge in [-0.1, -0.05) is 11.8 Å². The van der Waals surface area contributed by atoms with Crippen LogP contribution < -0.4 is 4.74 Å². The fourth-order valence-electron chi connectivity index (χ4n) is 1.56. The Morgan fingerprint density at radius 2 is 2.00 bits per heavy atom. The number of halogens is 1. The van der Waals surface area contributed by atoms with E-state index in [0.29, 0.717) is 17.7 Å². The van der Waals surface area contributed by atoms with Gasteiger partial charge in [0.25, 0.3) is 0 Å². The van der Waals surface area contributed by atoms with Crippen LogP contribution in [0.25, 0.3) is 0 Å². The Labute approximate surface area is 117 Å². The van der Waals surface area contributed by atoms with E-state index in [9.17, 15) is 4.39 Å². The third-order valence-electron chi connectivity index (χ3n) is 2.49. The molecule has 0 aliphatic rings. The summed E-state index contributed by atoms with van der Waals surface area (Å²) in [5.74, 6) is 6.08. The maximum Gasteiger partial charge on any atom is 0.141 e. The molecule has 0 radical (unpaired) electrons. The van der Waals surface area contributed by atoms with Crippen molar-refractivity contribution in [3.8, 4) is 17.6 Å². The van der Waals surface area contributed by atoms with Gasteiger partial charge in [-0.05, 0) is 30.3 Å². The molecule has 0 aliphatic carbocycles. The molecular weight excluding hydrogens is 257 g/mol. The summed E-state index contributed by atoms with van der Waals surface area (Å²) in [5, 5.41) is 8.63. The normalized spacial score (nSPS) is 9.70. The summed E-state index contributed by atoms with van der Waals surface area (Å²) in [6, 6.07) is 8.67. The summed E-state index contributed by atoms with van der Waals surface area (Å²) < 4.78 is 18.5. The average Bonchev–Trinajstić information content (AvgIpc) is 2.47. The average molecular weight is 271 g/mol. The second-order valence-corrected chi connectivity index (χ2v) is 4.10. The maximum absolute atomic E-state index is 12.9. The third kappa shape index (κ3) is 4.38. The number of aliphatic hydroxyl groups excluding tert-OH is 1. The number of aromatic nitrogens is 1. The largest absolute Gasteiger partial charge is 0.489 e. The lowest BCUT2D eigenvalue weighted by molar-refractivity contribution is 0.304. The SMILES string of the molecule is OCCC#Cc1ccc(OCc2cncc(F)c2)cc1. The molecule has 0 saturated carbocycles. The second-order valence-electron chi connectivity index (χ2n) is 4.10. The van der Waals surface area contributed by atoms with Crippen molar-refractivity contribution in [2.75, 3.05) is 6.61 Å². The van der Waals surface area contributed by atoms with Crippen LogP contribution in [-0.4, -0.2) is 16.7 Å². The molecule has 0 unspecified atom stereocenters. The van der Waals surface area contributed by atoms with Crippen molar-refractivity contribution < 1.29 is 14.2 Å². The highest BCUT2D eigenvalue weighted by Crippen LogP contribution is 2.13. The minimum Gasteiger partial charge on any atom is -0.489 e. The van der Waals surface area contributed by atoms with Crippen LogP contribution in [0.4, 0.5) is 4.39 Å². The Kier molecular flexibility index (Phi) is 5.10. The van der Waals surface area contributed by atoms with Crippen molar-refractivity contribution >= 4 is 0 Å². The van der Waals surface area contributed by atoms with Gasteiger partial charge in [-0.25, -0.2) is 4.39 Å². The van der Waals surface area contributed by atoms with E-state index in [-0.39, 0.29) is 19.0 Å². The highest BCUT2D eigenvalue weighted by molar-refractivity contribution is 5.38. The van der Waals surface area contributed by atoms with E-state index < -0.39 is 0 Å². The highest BCUT2D eigenvalue weighted by atomic mass is 19.1. The van der Waals surface area contributed by atoms with Gasteiger partial charge in [0.05, 0.1) is 12.8 Å². The zero-order valence-electron chi connectivity index (χ0n) is 10.8. The van der Waals surface area contributed by atoms with Crippen LogP contribution in [0.15, 0.2) is 42.7 Å². The van der Waals surface area contributed by atoms with Gasteiger partial charge >= 0.3 is 0 Å². The number of nitrogens with zero attached hydrogens (tertiary/aromatic N) is 1. The van der Waals surface area contributed by atoms with Crippen LogP contribution in [0.1, 0.15) is 17.5 Å². The smallest absolute Gasteiger partial charge is 0.141 e. The summed E-state index contributed by atoms with van der Waals surface area (Å²) in [6.45, 7) is 0.330. The van der Waals surface area contributed by atoms with Crippen molar-refractivity contribution in [2.24, 2.45) is 0 Å². The molecular formula is C16H14FNO2. The number of hydrogen-bond donors (Lipinski definition) is 1. The molecule has 102 valence electrons. The van der Waals surface area contributed by atoms with Crippen molar-refractivity contribution in [3.63, 3.8) is 0 Å². The van der Waals surface area contributed by atoms with Gasteiger partial charge in [0.2, 0.25) is 0 Å². The summed E-state index contributed by atoms with van der Waals surface area (Å²) in [4.78, 5) is 3.76. The van der Waals surface area contributed by atoms with Crippen LogP contribution in [-0.2, 0) is 6.61 Å². The van der Waals surface area contributed by atoms with Crippen LogP contribution in [0, 0.1) is 17.7 Å². The van der Waals surface area contributed by atoms with Crippen LogP contribution in [0.5, 0.6) is 5.75 Å². The van der Waals surface area contributed by atoms with Gasteiger partial charge in [0, 0.05) is 23.7 Å². The number of ether oxygens (including phenoxy) is 1. The van der Waals surface area contributed by atoms with Crippen LogP contribution in [0.2, 0.25) is 0 Å². The molecule has 1 heterocycles. The predicted molar refractivity (Wildman–Crippen MR) is 73.5 cm³/mol. The summed E-state index contributed by atoms with van der Waals surface area (Å²) in [7, 11) is 0. The maximum atomic E-state index is 12.9. The van der Waals surface area contributed by atoms with E-state index in [1.165, 1.54) is 6.07 Å². The first kappa shape index (κ1) is 14.0. The van der Waals surface area contributed by atoms with E-state index in [0.717, 1.165) is 11.8 Å². The fraction of sp³-hybridized carbons (Fsp3) is 0.188. The molecule has 1 N–H and O–H groups in total. The Balaban J connectivity index is 1.93. The monoisotopic (exact) mass is 271 g/mol. The highest BCUT2D eigenvalue weighted by Gasteiger charge is 1.98. The molecule has 0 bridgehead atoms. The summed E-state index contributed by atoms with van der Waals surface area (Å²) in [6.07, 6.45) is 3.19. The molecule has 0 amide bonds. The molecule has 0 spiro atoms. The number of pyridine rings is 1. The lowest BCUT2D eigenvalue weighted by Gasteiger charge is -2.05. The van der Waals surface area contributed by atoms with Crippen molar-refractivity contribution in [1.82, 2.24) is 4.98 Å². The van der Waals surface area contributed by atoms with Crippen molar-refractivity contribution in [2.45, 2.75) is 13.0 Å². The molecule has 20 heavy (non-hydrogen) atoms. The number of rotatable bonds is 4.